The molecule has 0 saturated heterocycles. The minimum absolute atomic E-state index is 0.262. The van der Waals surface area contributed by atoms with E-state index in [9.17, 15) is 4.39 Å². The van der Waals surface area contributed by atoms with Crippen LogP contribution in [0.3, 0.4) is 0 Å². The van der Waals surface area contributed by atoms with Crippen molar-refractivity contribution in [2.45, 2.75) is 19.8 Å². The number of pyridine rings is 1. The summed E-state index contributed by atoms with van der Waals surface area (Å²) in [6.07, 6.45) is 0. The number of nitrogens with one attached hydrogen (secondary N) is 1. The van der Waals surface area contributed by atoms with Crippen LogP contribution < -0.4 is 11.3 Å². The Hall–Kier alpha value is -2.46. The molecule has 22 heavy (non-hydrogen) atoms. The lowest BCUT2D eigenvalue weighted by atomic mass is 9.99. The van der Waals surface area contributed by atoms with E-state index < -0.39 is 0 Å². The number of nitrogens with zero attached hydrogens (tertiary/aromatic N) is 1. The molecule has 0 bridgehead atoms. The van der Waals surface area contributed by atoms with Gasteiger partial charge in [-0.2, -0.15) is 0 Å². The lowest BCUT2D eigenvalue weighted by molar-refractivity contribution is 0.628. The topological polar surface area (TPSA) is 50.9 Å². The van der Waals surface area contributed by atoms with Crippen LogP contribution in [0.2, 0.25) is 0 Å². The quantitative estimate of drug-likeness (QED) is 0.554. The summed E-state index contributed by atoms with van der Waals surface area (Å²) in [4.78, 5) is 4.56. The molecule has 112 valence electrons. The first-order chi connectivity index (χ1) is 10.6. The zero-order chi connectivity index (χ0) is 15.7. The second-order valence-corrected chi connectivity index (χ2v) is 5.64. The van der Waals surface area contributed by atoms with Crippen LogP contribution in [0.1, 0.15) is 25.3 Å². The number of halogens is 1. The van der Waals surface area contributed by atoms with Gasteiger partial charge >= 0.3 is 0 Å². The van der Waals surface area contributed by atoms with Crippen molar-refractivity contribution >= 4 is 16.7 Å². The molecule has 4 heteroatoms. The summed E-state index contributed by atoms with van der Waals surface area (Å²) in [6.45, 7) is 4.32. The van der Waals surface area contributed by atoms with E-state index in [1.807, 2.05) is 12.1 Å². The van der Waals surface area contributed by atoms with Crippen molar-refractivity contribution in [3.05, 3.63) is 59.9 Å². The summed E-state index contributed by atoms with van der Waals surface area (Å²) in [6, 6.07) is 14.6. The number of fused-ring (bicyclic) bond motifs is 1. The fourth-order valence-corrected chi connectivity index (χ4v) is 2.51. The molecule has 3 rings (SSSR count). The van der Waals surface area contributed by atoms with Gasteiger partial charge in [-0.15, -0.1) is 0 Å². The van der Waals surface area contributed by atoms with E-state index in [4.69, 9.17) is 5.84 Å². The van der Waals surface area contributed by atoms with E-state index in [-0.39, 0.29) is 5.82 Å². The summed E-state index contributed by atoms with van der Waals surface area (Å²) in [5, 5.41) is 1.05. The number of aromatic nitrogens is 1. The molecule has 3 aromatic rings. The molecular formula is C18H18FN3. The Kier molecular flexibility index (Phi) is 3.77. The van der Waals surface area contributed by atoms with Crippen molar-refractivity contribution in [3.63, 3.8) is 0 Å². The van der Waals surface area contributed by atoms with Gasteiger partial charge in [0.05, 0.1) is 5.52 Å². The molecule has 3 N–H and O–H groups in total. The lowest BCUT2D eigenvalue weighted by Crippen LogP contribution is -2.10. The van der Waals surface area contributed by atoms with Gasteiger partial charge in [0.15, 0.2) is 0 Å². The Labute approximate surface area is 129 Å². The van der Waals surface area contributed by atoms with Crippen molar-refractivity contribution in [2.24, 2.45) is 5.84 Å². The van der Waals surface area contributed by atoms with Crippen molar-refractivity contribution in [1.82, 2.24) is 4.98 Å². The van der Waals surface area contributed by atoms with Gasteiger partial charge in [0.1, 0.15) is 11.6 Å². The summed E-state index contributed by atoms with van der Waals surface area (Å²) >= 11 is 0. The average molecular weight is 295 g/mol. The molecule has 0 amide bonds. The van der Waals surface area contributed by atoms with Gasteiger partial charge in [0, 0.05) is 10.9 Å². The number of hydrogen-bond acceptors (Lipinski definition) is 3. The molecular weight excluding hydrogens is 277 g/mol. The summed E-state index contributed by atoms with van der Waals surface area (Å²) in [5.41, 5.74) is 6.50. The SMILES string of the molecule is CC(C)c1ccc2nc(NN)c(-c3ccc(F)cc3)cc2c1. The van der Waals surface area contributed by atoms with Crippen LogP contribution >= 0.6 is 0 Å². The normalized spacial score (nSPS) is 11.1. The first-order valence-corrected chi connectivity index (χ1v) is 7.25. The molecule has 0 radical (unpaired) electrons. The fraction of sp³-hybridized carbons (Fsp3) is 0.167. The zero-order valence-corrected chi connectivity index (χ0v) is 12.6. The van der Waals surface area contributed by atoms with E-state index in [0.29, 0.717) is 11.7 Å². The van der Waals surface area contributed by atoms with Crippen LogP contribution in [-0.4, -0.2) is 4.98 Å². The van der Waals surface area contributed by atoms with Gasteiger partial charge in [-0.3, -0.25) is 0 Å². The Bertz CT molecular complexity index is 810. The van der Waals surface area contributed by atoms with Gasteiger partial charge < -0.3 is 5.43 Å². The highest BCUT2D eigenvalue weighted by Crippen LogP contribution is 2.31. The first-order valence-electron chi connectivity index (χ1n) is 7.25. The predicted octanol–water partition coefficient (Wildman–Crippen LogP) is 4.45. The minimum atomic E-state index is -0.262. The molecule has 1 heterocycles. The fourth-order valence-electron chi connectivity index (χ4n) is 2.51. The smallest absolute Gasteiger partial charge is 0.148 e. The number of hydrazine groups is 1. The lowest BCUT2D eigenvalue weighted by Gasteiger charge is -2.12. The summed E-state index contributed by atoms with van der Waals surface area (Å²) < 4.78 is 13.1. The highest BCUT2D eigenvalue weighted by atomic mass is 19.1. The number of anilines is 1. The molecule has 0 aliphatic rings. The average Bonchev–Trinajstić information content (AvgIpc) is 2.53. The zero-order valence-electron chi connectivity index (χ0n) is 12.6. The molecule has 3 nitrogen and oxygen atoms in total. The monoisotopic (exact) mass is 295 g/mol. The maximum absolute atomic E-state index is 13.1. The Morgan fingerprint density at radius 1 is 1.05 bits per heavy atom. The largest absolute Gasteiger partial charge is 0.308 e. The number of rotatable bonds is 3. The third-order valence-electron chi connectivity index (χ3n) is 3.80. The number of nitrogens with two attached hydrogens (primary N) is 1. The van der Waals surface area contributed by atoms with Crippen molar-refractivity contribution in [2.75, 3.05) is 5.43 Å². The molecule has 0 unspecified atom stereocenters. The number of benzene rings is 2. The van der Waals surface area contributed by atoms with Crippen LogP contribution in [0.15, 0.2) is 48.5 Å². The Balaban J connectivity index is 2.21. The van der Waals surface area contributed by atoms with Crippen LogP contribution in [0.25, 0.3) is 22.0 Å². The third kappa shape index (κ3) is 2.65. The predicted molar refractivity (Wildman–Crippen MR) is 89.0 cm³/mol. The van der Waals surface area contributed by atoms with E-state index >= 15 is 0 Å². The van der Waals surface area contributed by atoms with Gasteiger partial charge in [0.2, 0.25) is 0 Å². The molecule has 0 spiro atoms. The molecule has 0 aliphatic carbocycles. The van der Waals surface area contributed by atoms with Crippen LogP contribution in [0.5, 0.6) is 0 Å². The van der Waals surface area contributed by atoms with Crippen LogP contribution in [-0.2, 0) is 0 Å². The Morgan fingerprint density at radius 3 is 2.41 bits per heavy atom. The van der Waals surface area contributed by atoms with E-state index in [1.54, 1.807) is 12.1 Å². The highest BCUT2D eigenvalue weighted by molar-refractivity contribution is 5.89. The van der Waals surface area contributed by atoms with E-state index in [1.165, 1.54) is 17.7 Å². The second kappa shape index (κ2) is 5.73. The molecule has 0 atom stereocenters. The van der Waals surface area contributed by atoms with Crippen molar-refractivity contribution < 1.29 is 4.39 Å². The van der Waals surface area contributed by atoms with Crippen LogP contribution in [0.4, 0.5) is 10.2 Å². The van der Waals surface area contributed by atoms with Crippen LogP contribution in [0, 0.1) is 5.82 Å². The van der Waals surface area contributed by atoms with Gasteiger partial charge in [0.25, 0.3) is 0 Å². The first kappa shape index (κ1) is 14.5. The maximum atomic E-state index is 13.1. The third-order valence-corrected chi connectivity index (χ3v) is 3.80. The Morgan fingerprint density at radius 2 is 1.77 bits per heavy atom. The van der Waals surface area contributed by atoms with Gasteiger partial charge in [-0.25, -0.2) is 15.2 Å². The van der Waals surface area contributed by atoms with Gasteiger partial charge in [-0.1, -0.05) is 32.0 Å². The molecule has 0 saturated carbocycles. The minimum Gasteiger partial charge on any atom is -0.308 e. The number of nitrogen functional groups attached to an aromatic ring is 1. The standard InChI is InChI=1S/C18H18FN3/c1-11(2)13-5-8-17-14(9-13)10-16(18(21-17)22-20)12-3-6-15(19)7-4-12/h3-11H,20H2,1-2H3,(H,21,22). The summed E-state index contributed by atoms with van der Waals surface area (Å²) in [5.74, 6) is 6.37. The highest BCUT2D eigenvalue weighted by Gasteiger charge is 2.10. The summed E-state index contributed by atoms with van der Waals surface area (Å²) in [7, 11) is 0. The van der Waals surface area contributed by atoms with Gasteiger partial charge in [-0.05, 0) is 47.4 Å². The maximum Gasteiger partial charge on any atom is 0.148 e. The number of hydrogen-bond donors (Lipinski definition) is 2. The van der Waals surface area contributed by atoms with Crippen molar-refractivity contribution in [1.29, 1.82) is 0 Å². The van der Waals surface area contributed by atoms with Crippen molar-refractivity contribution in [3.8, 4) is 11.1 Å². The van der Waals surface area contributed by atoms with E-state index in [0.717, 1.165) is 22.0 Å². The molecule has 1 aromatic heterocycles. The molecule has 0 fully saturated rings. The molecule has 0 aliphatic heterocycles. The van der Waals surface area contributed by atoms with E-state index in [2.05, 4.69) is 36.4 Å². The second-order valence-electron chi connectivity index (χ2n) is 5.64. The molecule has 2 aromatic carbocycles.